The highest BCUT2D eigenvalue weighted by atomic mass is 32.1. The number of halogens is 1. The fourth-order valence-corrected chi connectivity index (χ4v) is 3.19. The van der Waals surface area contributed by atoms with E-state index in [-0.39, 0.29) is 5.91 Å². The lowest BCUT2D eigenvalue weighted by Gasteiger charge is -2.10. The SMILES string of the molecule is N[C@@H](Cc1csc2ccccc12)C(=O)n1ccc(F)c1. The van der Waals surface area contributed by atoms with Gasteiger partial charge in [-0.3, -0.25) is 9.36 Å². The average molecular weight is 288 g/mol. The second-order valence-corrected chi connectivity index (χ2v) is 5.55. The second kappa shape index (κ2) is 5.19. The first-order chi connectivity index (χ1) is 9.65. The van der Waals surface area contributed by atoms with E-state index in [1.165, 1.54) is 21.5 Å². The Balaban J connectivity index is 1.82. The molecule has 3 nitrogen and oxygen atoms in total. The quantitative estimate of drug-likeness (QED) is 0.805. The summed E-state index contributed by atoms with van der Waals surface area (Å²) in [6.07, 6.45) is 2.99. The van der Waals surface area contributed by atoms with E-state index in [2.05, 4.69) is 0 Å². The lowest BCUT2D eigenvalue weighted by Crippen LogP contribution is -2.36. The maximum atomic E-state index is 12.9. The summed E-state index contributed by atoms with van der Waals surface area (Å²) in [6.45, 7) is 0. The van der Waals surface area contributed by atoms with Crippen LogP contribution in [0.15, 0.2) is 48.1 Å². The number of nitrogens with two attached hydrogens (primary N) is 1. The maximum absolute atomic E-state index is 12.9. The topological polar surface area (TPSA) is 48.0 Å². The molecule has 2 heterocycles. The van der Waals surface area contributed by atoms with Gasteiger partial charge in [-0.25, -0.2) is 4.39 Å². The molecule has 0 saturated heterocycles. The summed E-state index contributed by atoms with van der Waals surface area (Å²) >= 11 is 1.63. The molecule has 5 heteroatoms. The lowest BCUT2D eigenvalue weighted by atomic mass is 10.1. The summed E-state index contributed by atoms with van der Waals surface area (Å²) in [4.78, 5) is 12.1. The van der Waals surface area contributed by atoms with Crippen molar-refractivity contribution in [1.82, 2.24) is 4.57 Å². The Labute approximate surface area is 119 Å². The van der Waals surface area contributed by atoms with Gasteiger partial charge < -0.3 is 5.73 Å². The number of carbonyl (C=O) groups is 1. The van der Waals surface area contributed by atoms with E-state index < -0.39 is 11.9 Å². The van der Waals surface area contributed by atoms with Crippen LogP contribution in [0.25, 0.3) is 10.1 Å². The van der Waals surface area contributed by atoms with Crippen molar-refractivity contribution in [2.45, 2.75) is 12.5 Å². The van der Waals surface area contributed by atoms with Crippen LogP contribution in [0.2, 0.25) is 0 Å². The van der Waals surface area contributed by atoms with Crippen molar-refractivity contribution in [3.05, 3.63) is 59.5 Å². The van der Waals surface area contributed by atoms with Crippen LogP contribution in [0.1, 0.15) is 10.4 Å². The number of carbonyl (C=O) groups excluding carboxylic acids is 1. The average Bonchev–Trinajstić information content (AvgIpc) is 3.05. The summed E-state index contributed by atoms with van der Waals surface area (Å²) in [5.74, 6) is -0.740. The molecule has 102 valence electrons. The first-order valence-corrected chi connectivity index (χ1v) is 7.11. The number of thiophene rings is 1. The molecule has 0 saturated carbocycles. The van der Waals surface area contributed by atoms with Gasteiger partial charge in [0.1, 0.15) is 5.82 Å². The molecule has 0 unspecified atom stereocenters. The molecule has 20 heavy (non-hydrogen) atoms. The Hall–Kier alpha value is -1.98. The lowest BCUT2D eigenvalue weighted by molar-refractivity contribution is 0.0879. The molecule has 2 aromatic heterocycles. The zero-order chi connectivity index (χ0) is 14.1. The molecule has 2 N–H and O–H groups in total. The highest BCUT2D eigenvalue weighted by Gasteiger charge is 2.18. The van der Waals surface area contributed by atoms with Gasteiger partial charge in [0.25, 0.3) is 0 Å². The Morgan fingerprint density at radius 2 is 2.15 bits per heavy atom. The number of fused-ring (bicyclic) bond motifs is 1. The van der Waals surface area contributed by atoms with Crippen molar-refractivity contribution in [3.8, 4) is 0 Å². The Bertz CT molecular complexity index is 762. The smallest absolute Gasteiger partial charge is 0.247 e. The molecule has 0 fully saturated rings. The van der Waals surface area contributed by atoms with E-state index in [1.54, 1.807) is 11.3 Å². The van der Waals surface area contributed by atoms with E-state index in [0.717, 1.165) is 17.1 Å². The van der Waals surface area contributed by atoms with Gasteiger partial charge >= 0.3 is 0 Å². The van der Waals surface area contributed by atoms with Gasteiger partial charge in [0.15, 0.2) is 0 Å². The monoisotopic (exact) mass is 288 g/mol. The fraction of sp³-hybridized carbons (Fsp3) is 0.133. The summed E-state index contributed by atoms with van der Waals surface area (Å²) < 4.78 is 15.3. The number of benzene rings is 1. The third-order valence-corrected chi connectivity index (χ3v) is 4.24. The normalized spacial score (nSPS) is 12.7. The van der Waals surface area contributed by atoms with Gasteiger partial charge in [-0.05, 0) is 34.9 Å². The Morgan fingerprint density at radius 3 is 2.90 bits per heavy atom. The van der Waals surface area contributed by atoms with E-state index >= 15 is 0 Å². The zero-order valence-electron chi connectivity index (χ0n) is 10.6. The minimum absolute atomic E-state index is 0.302. The molecule has 0 aliphatic rings. The largest absolute Gasteiger partial charge is 0.320 e. The van der Waals surface area contributed by atoms with Crippen LogP contribution in [-0.4, -0.2) is 16.5 Å². The van der Waals surface area contributed by atoms with Crippen LogP contribution >= 0.6 is 11.3 Å². The fourth-order valence-electron chi connectivity index (χ4n) is 2.21. The molecule has 1 atom stereocenters. The predicted molar refractivity (Wildman–Crippen MR) is 78.5 cm³/mol. The molecule has 1 aromatic carbocycles. The van der Waals surface area contributed by atoms with Crippen molar-refractivity contribution >= 4 is 27.3 Å². The number of rotatable bonds is 3. The van der Waals surface area contributed by atoms with Crippen LogP contribution in [-0.2, 0) is 6.42 Å². The van der Waals surface area contributed by atoms with Crippen molar-refractivity contribution in [2.75, 3.05) is 0 Å². The maximum Gasteiger partial charge on any atom is 0.247 e. The van der Waals surface area contributed by atoms with Gasteiger partial charge in [0.05, 0.1) is 6.04 Å². The Morgan fingerprint density at radius 1 is 1.35 bits per heavy atom. The molecule has 0 aliphatic carbocycles. The molecule has 3 aromatic rings. The van der Waals surface area contributed by atoms with Crippen LogP contribution < -0.4 is 5.73 Å². The highest BCUT2D eigenvalue weighted by molar-refractivity contribution is 7.17. The molecule has 0 amide bonds. The molecule has 0 radical (unpaired) electrons. The number of aromatic nitrogens is 1. The van der Waals surface area contributed by atoms with Crippen molar-refractivity contribution in [2.24, 2.45) is 5.73 Å². The second-order valence-electron chi connectivity index (χ2n) is 4.64. The number of hydrogen-bond acceptors (Lipinski definition) is 3. The van der Waals surface area contributed by atoms with Gasteiger partial charge in [-0.2, -0.15) is 0 Å². The van der Waals surface area contributed by atoms with Gasteiger partial charge in [-0.15, -0.1) is 11.3 Å². The van der Waals surface area contributed by atoms with E-state index in [4.69, 9.17) is 5.73 Å². The van der Waals surface area contributed by atoms with Crippen LogP contribution in [0.4, 0.5) is 4.39 Å². The van der Waals surface area contributed by atoms with Gasteiger partial charge in [0.2, 0.25) is 5.91 Å². The molecular weight excluding hydrogens is 275 g/mol. The number of nitrogens with zero attached hydrogens (tertiary/aromatic N) is 1. The van der Waals surface area contributed by atoms with Crippen molar-refractivity contribution in [1.29, 1.82) is 0 Å². The third kappa shape index (κ3) is 2.37. The highest BCUT2D eigenvalue weighted by Crippen LogP contribution is 2.26. The summed E-state index contributed by atoms with van der Waals surface area (Å²) in [6, 6.07) is 8.57. The Kier molecular flexibility index (Phi) is 3.38. The third-order valence-electron chi connectivity index (χ3n) is 3.23. The number of hydrogen-bond donors (Lipinski definition) is 1. The molecular formula is C15H13FN2OS. The van der Waals surface area contributed by atoms with Crippen LogP contribution in [0.5, 0.6) is 0 Å². The molecule has 0 aliphatic heterocycles. The minimum Gasteiger partial charge on any atom is -0.320 e. The van der Waals surface area contributed by atoms with Crippen molar-refractivity contribution in [3.63, 3.8) is 0 Å². The van der Waals surface area contributed by atoms with E-state index in [1.807, 2.05) is 29.6 Å². The standard InChI is InChI=1S/C15H13FN2OS/c16-11-5-6-18(8-11)15(19)13(17)7-10-9-20-14-4-2-1-3-12(10)14/h1-6,8-9,13H,7,17H2/t13-/m0/s1. The van der Waals surface area contributed by atoms with Gasteiger partial charge in [0, 0.05) is 17.1 Å². The van der Waals surface area contributed by atoms with Crippen LogP contribution in [0.3, 0.4) is 0 Å². The first kappa shape index (κ1) is 13.0. The molecule has 3 rings (SSSR count). The summed E-state index contributed by atoms with van der Waals surface area (Å²) in [5, 5.41) is 3.15. The van der Waals surface area contributed by atoms with E-state index in [9.17, 15) is 9.18 Å². The minimum atomic E-state index is -0.681. The predicted octanol–water partition coefficient (Wildman–Crippen LogP) is 3.05. The summed E-state index contributed by atoms with van der Waals surface area (Å²) in [7, 11) is 0. The van der Waals surface area contributed by atoms with E-state index in [0.29, 0.717) is 6.42 Å². The molecule has 0 spiro atoms. The van der Waals surface area contributed by atoms with Gasteiger partial charge in [-0.1, -0.05) is 18.2 Å². The first-order valence-electron chi connectivity index (χ1n) is 6.23. The van der Waals surface area contributed by atoms with Crippen molar-refractivity contribution < 1.29 is 9.18 Å². The zero-order valence-corrected chi connectivity index (χ0v) is 11.4. The summed E-state index contributed by atoms with van der Waals surface area (Å²) in [5.41, 5.74) is 7.01. The molecule has 0 bridgehead atoms. The van der Waals surface area contributed by atoms with Crippen LogP contribution in [0, 0.1) is 5.82 Å².